The molecule has 0 heterocycles. The lowest BCUT2D eigenvalue weighted by molar-refractivity contribution is -0.116. The summed E-state index contributed by atoms with van der Waals surface area (Å²) in [7, 11) is 0.748. The summed E-state index contributed by atoms with van der Waals surface area (Å²) in [6.45, 7) is 2.07. The third-order valence-corrected chi connectivity index (χ3v) is 4.52. The monoisotopic (exact) mass is 312 g/mol. The average Bonchev–Trinajstić information content (AvgIpc) is 2.47. The maximum Gasteiger partial charge on any atom is 0.224 e. The molecule has 1 amide bonds. The molecular weight excluding hydrogens is 288 g/mol. The molecule has 0 aliphatic carbocycles. The summed E-state index contributed by atoms with van der Waals surface area (Å²) in [5, 5.41) is 2.76. The Balaban J connectivity index is 2.35. The first-order valence-corrected chi connectivity index (χ1v) is 8.64. The van der Waals surface area contributed by atoms with Crippen molar-refractivity contribution in [3.63, 3.8) is 0 Å². The second-order valence-corrected chi connectivity index (χ2v) is 6.50. The summed E-state index contributed by atoms with van der Waals surface area (Å²) >= 11 is 0. The summed E-state index contributed by atoms with van der Waals surface area (Å²) in [5.74, 6) is 1.84. The van der Waals surface area contributed by atoms with Gasteiger partial charge in [0.05, 0.1) is 18.5 Å². The van der Waals surface area contributed by atoms with Crippen LogP contribution in [0, 0.1) is 0 Å². The molecule has 0 saturated heterocycles. The zero-order chi connectivity index (χ0) is 15.7. The molecule has 0 saturated carbocycles. The third kappa shape index (κ3) is 6.62. The van der Waals surface area contributed by atoms with Gasteiger partial charge >= 0.3 is 0 Å². The maximum absolute atomic E-state index is 11.8. The lowest BCUT2D eigenvalue weighted by Gasteiger charge is -2.09. The number of benzene rings is 1. The van der Waals surface area contributed by atoms with Gasteiger partial charge in [-0.2, -0.15) is 0 Å². The minimum absolute atomic E-state index is 0.112. The predicted molar refractivity (Wildman–Crippen MR) is 88.1 cm³/mol. The van der Waals surface area contributed by atoms with Gasteiger partial charge in [0.1, 0.15) is 5.75 Å². The molecule has 1 atom stereocenters. The molecule has 1 aromatic rings. The smallest absolute Gasteiger partial charge is 0.224 e. The molecular formula is C15H24N2O3S. The first-order valence-electron chi connectivity index (χ1n) is 7.15. The fraction of sp³-hybridized carbons (Fsp3) is 0.533. The number of rotatable bonds is 9. The van der Waals surface area contributed by atoms with Crippen LogP contribution >= 0.6 is 0 Å². The Morgan fingerprint density at radius 2 is 2.05 bits per heavy atom. The molecule has 0 fully saturated rings. The first kappa shape index (κ1) is 17.5. The van der Waals surface area contributed by atoms with Gasteiger partial charge in [0.15, 0.2) is 0 Å². The zero-order valence-corrected chi connectivity index (χ0v) is 13.5. The highest BCUT2D eigenvalue weighted by atomic mass is 32.2. The van der Waals surface area contributed by atoms with Crippen molar-refractivity contribution in [3.05, 3.63) is 18.2 Å². The molecule has 0 radical (unpaired) electrons. The summed E-state index contributed by atoms with van der Waals surface area (Å²) in [4.78, 5) is 11.8. The van der Waals surface area contributed by atoms with Crippen LogP contribution in [-0.2, 0) is 15.6 Å². The minimum atomic E-state index is -0.813. The molecule has 0 spiro atoms. The number of unbranched alkanes of at least 4 members (excludes halogenated alkanes) is 1. The molecule has 0 aliphatic heterocycles. The van der Waals surface area contributed by atoms with Crippen LogP contribution in [-0.4, -0.2) is 28.7 Å². The second kappa shape index (κ2) is 9.39. The van der Waals surface area contributed by atoms with Crippen molar-refractivity contribution < 1.29 is 13.7 Å². The highest BCUT2D eigenvalue weighted by molar-refractivity contribution is 7.84. The number of amides is 1. The zero-order valence-electron chi connectivity index (χ0n) is 12.7. The van der Waals surface area contributed by atoms with E-state index < -0.39 is 10.8 Å². The van der Waals surface area contributed by atoms with Gasteiger partial charge in [-0.05, 0) is 25.0 Å². The maximum atomic E-state index is 11.8. The van der Waals surface area contributed by atoms with E-state index in [4.69, 9.17) is 10.5 Å². The molecule has 1 rings (SSSR count). The van der Waals surface area contributed by atoms with Crippen molar-refractivity contribution in [2.24, 2.45) is 0 Å². The van der Waals surface area contributed by atoms with E-state index in [2.05, 4.69) is 12.2 Å². The van der Waals surface area contributed by atoms with Crippen LogP contribution < -0.4 is 15.8 Å². The fourth-order valence-corrected chi connectivity index (χ4v) is 3.08. The van der Waals surface area contributed by atoms with Gasteiger partial charge in [0.2, 0.25) is 5.91 Å². The van der Waals surface area contributed by atoms with E-state index in [1.54, 1.807) is 25.3 Å². The van der Waals surface area contributed by atoms with Crippen LogP contribution in [0.5, 0.6) is 5.75 Å². The third-order valence-electron chi connectivity index (χ3n) is 3.03. The number of carbonyl (C=O) groups is 1. The van der Waals surface area contributed by atoms with Crippen LogP contribution in [0.2, 0.25) is 0 Å². The van der Waals surface area contributed by atoms with E-state index in [0.29, 0.717) is 35.7 Å². The van der Waals surface area contributed by atoms with Crippen LogP contribution in [0.15, 0.2) is 18.2 Å². The summed E-state index contributed by atoms with van der Waals surface area (Å²) < 4.78 is 16.7. The number of hydrogen-bond acceptors (Lipinski definition) is 4. The quantitative estimate of drug-likeness (QED) is 0.687. The van der Waals surface area contributed by atoms with Crippen molar-refractivity contribution in [2.75, 3.05) is 29.7 Å². The Bertz CT molecular complexity index is 492. The average molecular weight is 312 g/mol. The number of hydrogen-bond donors (Lipinski definition) is 2. The van der Waals surface area contributed by atoms with Gasteiger partial charge in [-0.1, -0.05) is 13.3 Å². The number of carbonyl (C=O) groups excluding carboxylic acids is 1. The van der Waals surface area contributed by atoms with Crippen LogP contribution in [0.1, 0.15) is 32.6 Å². The molecule has 5 nitrogen and oxygen atoms in total. The Morgan fingerprint density at radius 3 is 2.67 bits per heavy atom. The van der Waals surface area contributed by atoms with Crippen molar-refractivity contribution >= 4 is 28.1 Å². The molecule has 1 unspecified atom stereocenters. The van der Waals surface area contributed by atoms with Gasteiger partial charge in [-0.25, -0.2) is 0 Å². The molecule has 0 bridgehead atoms. The van der Waals surface area contributed by atoms with E-state index in [1.807, 2.05) is 0 Å². The number of ether oxygens (including phenoxy) is 1. The topological polar surface area (TPSA) is 81.4 Å². The standard InChI is InChI=1S/C15H24N2O3S/c1-3-4-9-21(19)10-5-6-15(18)17-14-8-7-12(20-2)11-13(14)16/h7-8,11H,3-6,9-10,16H2,1-2H3,(H,17,18). The lowest BCUT2D eigenvalue weighted by Crippen LogP contribution is -2.14. The molecule has 1 aromatic carbocycles. The highest BCUT2D eigenvalue weighted by Crippen LogP contribution is 2.24. The highest BCUT2D eigenvalue weighted by Gasteiger charge is 2.07. The van der Waals surface area contributed by atoms with Crippen LogP contribution in [0.25, 0.3) is 0 Å². The van der Waals surface area contributed by atoms with Crippen molar-refractivity contribution in [2.45, 2.75) is 32.6 Å². The SMILES string of the molecule is CCCCS(=O)CCCC(=O)Nc1ccc(OC)cc1N. The predicted octanol–water partition coefficient (Wildman–Crippen LogP) is 2.54. The van der Waals surface area contributed by atoms with Crippen molar-refractivity contribution in [1.82, 2.24) is 0 Å². The lowest BCUT2D eigenvalue weighted by atomic mass is 10.2. The molecule has 6 heteroatoms. The summed E-state index contributed by atoms with van der Waals surface area (Å²) in [5.41, 5.74) is 6.88. The second-order valence-electron chi connectivity index (χ2n) is 4.81. The van der Waals surface area contributed by atoms with Gasteiger partial charge in [-0.15, -0.1) is 0 Å². The van der Waals surface area contributed by atoms with E-state index >= 15 is 0 Å². The molecule has 21 heavy (non-hydrogen) atoms. The fourth-order valence-electron chi connectivity index (χ4n) is 1.80. The number of nitrogens with one attached hydrogen (secondary N) is 1. The number of nitrogens with two attached hydrogens (primary N) is 1. The van der Waals surface area contributed by atoms with E-state index in [0.717, 1.165) is 18.6 Å². The largest absolute Gasteiger partial charge is 0.497 e. The van der Waals surface area contributed by atoms with E-state index in [1.165, 1.54) is 0 Å². The van der Waals surface area contributed by atoms with E-state index in [9.17, 15) is 9.00 Å². The Morgan fingerprint density at radius 1 is 1.33 bits per heavy atom. The Hall–Kier alpha value is -1.56. The normalized spacial score (nSPS) is 11.9. The molecule has 118 valence electrons. The van der Waals surface area contributed by atoms with Crippen molar-refractivity contribution in [1.29, 1.82) is 0 Å². The number of methoxy groups -OCH3 is 1. The molecule has 3 N–H and O–H groups in total. The Labute approximate surface area is 128 Å². The van der Waals surface area contributed by atoms with Crippen LogP contribution in [0.3, 0.4) is 0 Å². The van der Waals surface area contributed by atoms with Gasteiger partial charge in [0.25, 0.3) is 0 Å². The van der Waals surface area contributed by atoms with Gasteiger partial charge < -0.3 is 15.8 Å². The molecule has 0 aliphatic rings. The summed E-state index contributed by atoms with van der Waals surface area (Å²) in [6, 6.07) is 5.12. The first-order chi connectivity index (χ1) is 10.1. The minimum Gasteiger partial charge on any atom is -0.497 e. The van der Waals surface area contributed by atoms with Gasteiger partial charge in [-0.3, -0.25) is 9.00 Å². The van der Waals surface area contributed by atoms with Crippen molar-refractivity contribution in [3.8, 4) is 5.75 Å². The number of nitrogen functional groups attached to an aromatic ring is 1. The Kier molecular flexibility index (Phi) is 7.82. The summed E-state index contributed by atoms with van der Waals surface area (Å²) in [6.07, 6.45) is 2.99. The van der Waals surface area contributed by atoms with E-state index in [-0.39, 0.29) is 5.91 Å². The number of anilines is 2. The van der Waals surface area contributed by atoms with Gasteiger partial charge in [0, 0.05) is 34.8 Å². The van der Waals surface area contributed by atoms with Crippen LogP contribution in [0.4, 0.5) is 11.4 Å². The molecule has 0 aromatic heterocycles.